The van der Waals surface area contributed by atoms with Crippen LogP contribution < -0.4 is 10.0 Å². The Bertz CT molecular complexity index is 754. The molecule has 0 bridgehead atoms. The van der Waals surface area contributed by atoms with Crippen molar-refractivity contribution in [3.05, 3.63) is 28.8 Å². The summed E-state index contributed by atoms with van der Waals surface area (Å²) in [6, 6.07) is 4.56. The van der Waals surface area contributed by atoms with Crippen LogP contribution in [0.15, 0.2) is 23.1 Å². The third-order valence-electron chi connectivity index (χ3n) is 2.89. The molecule has 0 aromatic heterocycles. The van der Waals surface area contributed by atoms with Crippen LogP contribution in [-0.2, 0) is 19.6 Å². The minimum Gasteiger partial charge on any atom is -0.295 e. The van der Waals surface area contributed by atoms with E-state index in [1.54, 1.807) is 0 Å². The van der Waals surface area contributed by atoms with Crippen molar-refractivity contribution in [1.82, 2.24) is 10.0 Å². The molecular weight excluding hydrogens is 318 g/mol. The Morgan fingerprint density at radius 1 is 1.38 bits per heavy atom. The van der Waals surface area contributed by atoms with Crippen LogP contribution in [0.3, 0.4) is 0 Å². The topological polar surface area (TPSA) is 116 Å². The van der Waals surface area contributed by atoms with Crippen molar-refractivity contribution in [3.63, 3.8) is 0 Å². The third-order valence-corrected chi connectivity index (χ3v) is 4.84. The number of nitrogens with one attached hydrogen (secondary N) is 2. The highest BCUT2D eigenvalue weighted by molar-refractivity contribution is 7.89. The van der Waals surface area contributed by atoms with Crippen molar-refractivity contribution in [2.45, 2.75) is 23.8 Å². The fourth-order valence-corrected chi connectivity index (χ4v) is 3.59. The van der Waals surface area contributed by atoms with E-state index >= 15 is 0 Å². The summed E-state index contributed by atoms with van der Waals surface area (Å²) in [5, 5.41) is 10.8. The minimum atomic E-state index is -4.08. The molecule has 0 aliphatic carbocycles. The molecule has 1 saturated heterocycles. The van der Waals surface area contributed by atoms with Crippen LogP contribution in [0.1, 0.15) is 18.4 Å². The Kier molecular flexibility index (Phi) is 4.27. The number of carbonyl (C=O) groups excluding carboxylic acids is 2. The predicted octanol–water partition coefficient (Wildman–Crippen LogP) is 0.295. The molecule has 1 aliphatic rings. The quantitative estimate of drug-likeness (QED) is 0.774. The Balaban J connectivity index is 2.29. The van der Waals surface area contributed by atoms with Crippen LogP contribution >= 0.6 is 11.6 Å². The van der Waals surface area contributed by atoms with Crippen molar-refractivity contribution in [3.8, 4) is 6.07 Å². The van der Waals surface area contributed by atoms with Gasteiger partial charge in [-0.1, -0.05) is 11.6 Å². The lowest BCUT2D eigenvalue weighted by atomic mass is 10.1. The lowest BCUT2D eigenvalue weighted by Gasteiger charge is -2.21. The highest BCUT2D eigenvalue weighted by Crippen LogP contribution is 2.23. The molecule has 21 heavy (non-hydrogen) atoms. The van der Waals surface area contributed by atoms with Gasteiger partial charge in [0.15, 0.2) is 0 Å². The van der Waals surface area contributed by atoms with Crippen LogP contribution in [-0.4, -0.2) is 26.3 Å². The van der Waals surface area contributed by atoms with Gasteiger partial charge < -0.3 is 0 Å². The molecule has 9 heteroatoms. The molecule has 1 aromatic rings. The molecule has 7 nitrogen and oxygen atoms in total. The Morgan fingerprint density at radius 3 is 2.71 bits per heavy atom. The van der Waals surface area contributed by atoms with Crippen molar-refractivity contribution in [2.24, 2.45) is 0 Å². The van der Waals surface area contributed by atoms with Gasteiger partial charge in [0.05, 0.1) is 16.7 Å². The van der Waals surface area contributed by atoms with Gasteiger partial charge in [-0.2, -0.15) is 9.98 Å². The van der Waals surface area contributed by atoms with Gasteiger partial charge in [0, 0.05) is 6.42 Å². The molecule has 1 fully saturated rings. The van der Waals surface area contributed by atoms with Crippen molar-refractivity contribution in [1.29, 1.82) is 5.26 Å². The fraction of sp³-hybridized carbons (Fsp3) is 0.250. The molecule has 2 rings (SSSR count). The minimum absolute atomic E-state index is 0.0465. The number of halogens is 1. The monoisotopic (exact) mass is 327 g/mol. The van der Waals surface area contributed by atoms with E-state index in [4.69, 9.17) is 16.9 Å². The van der Waals surface area contributed by atoms with Crippen LogP contribution in [0.4, 0.5) is 0 Å². The zero-order chi connectivity index (χ0) is 15.6. The Morgan fingerprint density at radius 2 is 2.10 bits per heavy atom. The molecule has 2 amide bonds. The summed E-state index contributed by atoms with van der Waals surface area (Å²) in [6.07, 6.45) is 0.115. The highest BCUT2D eigenvalue weighted by Gasteiger charge is 2.31. The number of hydrogen-bond donors (Lipinski definition) is 2. The molecule has 0 radical (unpaired) electrons. The van der Waals surface area contributed by atoms with Gasteiger partial charge in [0.25, 0.3) is 0 Å². The summed E-state index contributed by atoms with van der Waals surface area (Å²) in [5.41, 5.74) is 0.128. The number of piperidine rings is 1. The lowest BCUT2D eigenvalue weighted by molar-refractivity contribution is -0.134. The summed E-state index contributed by atoms with van der Waals surface area (Å²) in [6.45, 7) is 0. The molecule has 1 unspecified atom stereocenters. The van der Waals surface area contributed by atoms with Crippen LogP contribution in [0.2, 0.25) is 5.02 Å². The third kappa shape index (κ3) is 3.39. The Hall–Kier alpha value is -1.95. The molecule has 0 saturated carbocycles. The SMILES string of the molecule is N#Cc1ccc(Cl)c(S(=O)(=O)NC2CCC(=O)NC2=O)c1. The summed E-state index contributed by atoms with van der Waals surface area (Å²) < 4.78 is 26.7. The number of imide groups is 1. The Labute approximate surface area is 125 Å². The average molecular weight is 328 g/mol. The summed E-state index contributed by atoms with van der Waals surface area (Å²) in [4.78, 5) is 22.3. The maximum absolute atomic E-state index is 12.2. The lowest BCUT2D eigenvalue weighted by Crippen LogP contribution is -2.52. The molecule has 2 N–H and O–H groups in total. The highest BCUT2D eigenvalue weighted by atomic mass is 35.5. The van der Waals surface area contributed by atoms with Gasteiger partial charge in [-0.05, 0) is 24.6 Å². The molecule has 1 aromatic carbocycles. The van der Waals surface area contributed by atoms with E-state index in [0.29, 0.717) is 0 Å². The maximum Gasteiger partial charge on any atom is 0.244 e. The molecule has 110 valence electrons. The number of hydrogen-bond acceptors (Lipinski definition) is 5. The number of amides is 2. The number of rotatable bonds is 3. The number of nitriles is 1. The van der Waals surface area contributed by atoms with Crippen LogP contribution in [0.5, 0.6) is 0 Å². The van der Waals surface area contributed by atoms with Gasteiger partial charge in [0.2, 0.25) is 21.8 Å². The van der Waals surface area contributed by atoms with Gasteiger partial charge in [-0.3, -0.25) is 14.9 Å². The summed E-state index contributed by atoms with van der Waals surface area (Å²) >= 11 is 5.83. The van der Waals surface area contributed by atoms with Crippen molar-refractivity contribution < 1.29 is 18.0 Å². The number of carbonyl (C=O) groups is 2. The predicted molar refractivity (Wildman–Crippen MR) is 72.7 cm³/mol. The number of nitrogens with zero attached hydrogens (tertiary/aromatic N) is 1. The van der Waals surface area contributed by atoms with Gasteiger partial charge >= 0.3 is 0 Å². The van der Waals surface area contributed by atoms with E-state index in [9.17, 15) is 18.0 Å². The standard InChI is InChI=1S/C12H10ClN3O4S/c13-8-2-1-7(6-14)5-10(8)21(19,20)16-9-3-4-11(17)15-12(9)18/h1-2,5,9,16H,3-4H2,(H,15,17,18). The first-order valence-electron chi connectivity index (χ1n) is 5.89. The first kappa shape index (κ1) is 15.4. The summed E-state index contributed by atoms with van der Waals surface area (Å²) in [7, 11) is -4.08. The second-order valence-electron chi connectivity index (χ2n) is 4.38. The van der Waals surface area contributed by atoms with Crippen molar-refractivity contribution >= 4 is 33.4 Å². The zero-order valence-electron chi connectivity index (χ0n) is 10.6. The average Bonchev–Trinajstić information content (AvgIpc) is 2.42. The first-order chi connectivity index (χ1) is 9.83. The molecule has 1 atom stereocenters. The van der Waals surface area contributed by atoms with Gasteiger partial charge in [-0.15, -0.1) is 0 Å². The molecule has 0 spiro atoms. The van der Waals surface area contributed by atoms with Crippen LogP contribution in [0.25, 0.3) is 0 Å². The maximum atomic E-state index is 12.2. The van der Waals surface area contributed by atoms with E-state index in [0.717, 1.165) is 6.07 Å². The van der Waals surface area contributed by atoms with E-state index in [1.165, 1.54) is 12.1 Å². The van der Waals surface area contributed by atoms with E-state index in [1.807, 2.05) is 6.07 Å². The first-order valence-corrected chi connectivity index (χ1v) is 7.75. The fourth-order valence-electron chi connectivity index (χ4n) is 1.84. The summed E-state index contributed by atoms with van der Waals surface area (Å²) in [5.74, 6) is -1.15. The molecular formula is C12H10ClN3O4S. The largest absolute Gasteiger partial charge is 0.295 e. The van der Waals surface area contributed by atoms with Crippen molar-refractivity contribution in [2.75, 3.05) is 0 Å². The smallest absolute Gasteiger partial charge is 0.244 e. The van der Waals surface area contributed by atoms with Gasteiger partial charge in [0.1, 0.15) is 10.9 Å². The van der Waals surface area contributed by atoms with E-state index < -0.39 is 27.9 Å². The van der Waals surface area contributed by atoms with Crippen LogP contribution in [0, 0.1) is 11.3 Å². The number of sulfonamides is 1. The van der Waals surface area contributed by atoms with Gasteiger partial charge in [-0.25, -0.2) is 8.42 Å². The molecule has 1 aliphatic heterocycles. The normalized spacial score (nSPS) is 19.0. The zero-order valence-corrected chi connectivity index (χ0v) is 12.2. The number of benzene rings is 1. The molecule has 1 heterocycles. The second-order valence-corrected chi connectivity index (χ2v) is 6.47. The van der Waals surface area contributed by atoms with E-state index in [-0.39, 0.29) is 28.3 Å². The van der Waals surface area contributed by atoms with E-state index in [2.05, 4.69) is 10.0 Å². The second kappa shape index (κ2) is 5.81.